The Morgan fingerprint density at radius 3 is 0.767 bits per heavy atom. The van der Waals surface area contributed by atoms with E-state index in [4.69, 9.17) is 0 Å². The van der Waals surface area contributed by atoms with E-state index in [9.17, 15) is 29.7 Å². The SMILES string of the molecule is O=C([O-])c1cc2ccccc2cc1I.O=C([O-])c1cc2ccccc2cc1I.O=C([O-])c1cc2ccccc2cc1I.[Ga+3]. The number of benzene rings is 6. The van der Waals surface area contributed by atoms with Crippen molar-refractivity contribution < 1.29 is 29.7 Å². The van der Waals surface area contributed by atoms with Gasteiger partial charge in [0.1, 0.15) is 0 Å². The van der Waals surface area contributed by atoms with Crippen molar-refractivity contribution in [3.63, 3.8) is 0 Å². The summed E-state index contributed by atoms with van der Waals surface area (Å²) < 4.78 is 2.13. The van der Waals surface area contributed by atoms with Crippen molar-refractivity contribution in [2.24, 2.45) is 0 Å². The molecular weight excluding hydrogens is 943 g/mol. The average Bonchev–Trinajstić information content (AvgIpc) is 2.96. The molecule has 210 valence electrons. The summed E-state index contributed by atoms with van der Waals surface area (Å²) in [4.78, 5) is 32.2. The number of carboxylic acids is 3. The fraction of sp³-hybridized carbons (Fsp3) is 0. The maximum absolute atomic E-state index is 10.7. The molecular formula is C33H18GaI3O6. The maximum atomic E-state index is 10.7. The first-order chi connectivity index (χ1) is 20.0. The second kappa shape index (κ2) is 15.9. The summed E-state index contributed by atoms with van der Waals surface area (Å²) in [5, 5.41) is 38.1. The Bertz CT molecular complexity index is 1750. The number of fused-ring (bicyclic) bond motifs is 3. The van der Waals surface area contributed by atoms with Gasteiger partial charge < -0.3 is 29.7 Å². The van der Waals surface area contributed by atoms with Crippen molar-refractivity contribution in [3.05, 3.63) is 137 Å². The standard InChI is InChI=1S/3C11H7IO2.Ga/c3*12-10-6-8-4-2-1-3-7(8)5-9(10)11(13)14;/h3*1-6H,(H,13,14);/q;;;+3/p-3. The van der Waals surface area contributed by atoms with Gasteiger partial charge in [0.25, 0.3) is 0 Å². The van der Waals surface area contributed by atoms with Crippen molar-refractivity contribution in [3.8, 4) is 0 Å². The van der Waals surface area contributed by atoms with Gasteiger partial charge in [-0.05, 0) is 136 Å². The topological polar surface area (TPSA) is 120 Å². The van der Waals surface area contributed by atoms with Crippen molar-refractivity contribution in [2.45, 2.75) is 0 Å². The first kappa shape index (κ1) is 34.8. The van der Waals surface area contributed by atoms with Crippen LogP contribution in [0.2, 0.25) is 0 Å². The summed E-state index contributed by atoms with van der Waals surface area (Å²) in [6.45, 7) is 0. The van der Waals surface area contributed by atoms with Crippen LogP contribution in [0.3, 0.4) is 0 Å². The van der Waals surface area contributed by atoms with Gasteiger partial charge in [0.2, 0.25) is 0 Å². The molecule has 0 unspecified atom stereocenters. The van der Waals surface area contributed by atoms with Gasteiger partial charge in [0.15, 0.2) is 0 Å². The van der Waals surface area contributed by atoms with E-state index < -0.39 is 17.9 Å². The molecule has 0 aliphatic heterocycles. The van der Waals surface area contributed by atoms with Gasteiger partial charge in [-0.3, -0.25) is 0 Å². The first-order valence-corrected chi connectivity index (χ1v) is 15.5. The summed E-state index contributed by atoms with van der Waals surface area (Å²) in [7, 11) is 0. The number of hydrogen-bond acceptors (Lipinski definition) is 6. The summed E-state index contributed by atoms with van der Waals surface area (Å²) in [6, 6.07) is 33.4. The maximum Gasteiger partial charge on any atom is 3.00 e. The molecule has 0 atom stereocenters. The quantitative estimate of drug-likeness (QED) is 0.181. The predicted octanol–water partition coefficient (Wildman–Crippen LogP) is 5.04. The van der Waals surface area contributed by atoms with E-state index in [0.29, 0.717) is 10.7 Å². The summed E-state index contributed by atoms with van der Waals surface area (Å²) in [5.74, 6) is -3.37. The van der Waals surface area contributed by atoms with Crippen LogP contribution in [0.1, 0.15) is 31.1 Å². The monoisotopic (exact) mass is 960 g/mol. The Morgan fingerprint density at radius 2 is 0.581 bits per heavy atom. The van der Waals surface area contributed by atoms with Crippen LogP contribution in [-0.2, 0) is 0 Å². The molecule has 0 bridgehead atoms. The van der Waals surface area contributed by atoms with E-state index in [0.717, 1.165) is 32.3 Å². The molecule has 0 radical (unpaired) electrons. The van der Waals surface area contributed by atoms with Crippen LogP contribution < -0.4 is 15.3 Å². The minimum Gasteiger partial charge on any atom is -0.545 e. The number of carbonyl (C=O) groups is 3. The molecule has 6 aromatic carbocycles. The third-order valence-corrected chi connectivity index (χ3v) is 8.84. The molecule has 0 fully saturated rings. The number of aromatic carboxylic acids is 3. The fourth-order valence-corrected chi connectivity index (χ4v) is 6.24. The molecule has 0 saturated heterocycles. The minimum absolute atomic E-state index is 0. The van der Waals surface area contributed by atoms with Crippen molar-refractivity contribution in [1.82, 2.24) is 0 Å². The van der Waals surface area contributed by atoms with Crippen LogP contribution in [0.15, 0.2) is 109 Å². The number of rotatable bonds is 3. The molecule has 0 spiro atoms. The molecule has 0 aromatic heterocycles. The fourth-order valence-electron chi connectivity index (χ4n) is 4.11. The van der Waals surface area contributed by atoms with Gasteiger partial charge in [-0.1, -0.05) is 72.8 Å². The molecule has 0 aliphatic rings. The number of carbonyl (C=O) groups excluding carboxylic acids is 3. The Hall–Kier alpha value is -2.66. The summed E-state index contributed by atoms with van der Waals surface area (Å²) >= 11 is 6.01. The van der Waals surface area contributed by atoms with Crippen LogP contribution in [0, 0.1) is 10.7 Å². The smallest absolute Gasteiger partial charge is 0.545 e. The zero-order chi connectivity index (χ0) is 30.4. The second-order valence-electron chi connectivity index (χ2n) is 8.90. The zero-order valence-electron chi connectivity index (χ0n) is 22.1. The van der Waals surface area contributed by atoms with Crippen molar-refractivity contribution in [2.75, 3.05) is 0 Å². The second-order valence-corrected chi connectivity index (χ2v) is 12.4. The van der Waals surface area contributed by atoms with E-state index in [-0.39, 0.29) is 36.5 Å². The van der Waals surface area contributed by atoms with Gasteiger partial charge in [-0.2, -0.15) is 0 Å². The van der Waals surface area contributed by atoms with E-state index >= 15 is 0 Å². The molecule has 0 amide bonds. The average molecular weight is 961 g/mol. The van der Waals surface area contributed by atoms with Crippen LogP contribution in [0.5, 0.6) is 0 Å². The van der Waals surface area contributed by atoms with Gasteiger partial charge in [0.05, 0.1) is 17.9 Å². The number of carboxylic acid groups (broad SMARTS) is 3. The van der Waals surface area contributed by atoms with Gasteiger partial charge in [-0.25, -0.2) is 0 Å². The van der Waals surface area contributed by atoms with Crippen LogP contribution in [0.25, 0.3) is 32.3 Å². The van der Waals surface area contributed by atoms with E-state index in [2.05, 4.69) is 0 Å². The summed E-state index contributed by atoms with van der Waals surface area (Å²) in [5.41, 5.74) is 0.762. The van der Waals surface area contributed by atoms with Gasteiger partial charge in [-0.15, -0.1) is 0 Å². The van der Waals surface area contributed by atoms with Crippen molar-refractivity contribution >= 4 is 138 Å². The Morgan fingerprint density at radius 1 is 0.395 bits per heavy atom. The molecule has 6 rings (SSSR count). The zero-order valence-corrected chi connectivity index (χ0v) is 30.9. The molecule has 10 heteroatoms. The van der Waals surface area contributed by atoms with E-state index in [1.54, 1.807) is 18.2 Å². The largest absolute Gasteiger partial charge is 3.00 e. The van der Waals surface area contributed by atoms with Crippen LogP contribution >= 0.6 is 67.8 Å². The first-order valence-electron chi connectivity index (χ1n) is 12.2. The molecule has 43 heavy (non-hydrogen) atoms. The molecule has 0 saturated carbocycles. The molecule has 6 nitrogen and oxygen atoms in total. The Labute approximate surface area is 301 Å². The van der Waals surface area contributed by atoms with Crippen molar-refractivity contribution in [1.29, 1.82) is 0 Å². The minimum atomic E-state index is -1.12. The third-order valence-electron chi connectivity index (χ3n) is 6.17. The molecule has 0 heterocycles. The predicted molar refractivity (Wildman–Crippen MR) is 189 cm³/mol. The Kier molecular flexibility index (Phi) is 12.9. The Balaban J connectivity index is 0.000000175. The van der Waals surface area contributed by atoms with E-state index in [1.165, 1.54) is 0 Å². The van der Waals surface area contributed by atoms with Gasteiger partial charge in [0, 0.05) is 27.4 Å². The summed E-state index contributed by atoms with van der Waals surface area (Å²) in [6.07, 6.45) is 0. The van der Waals surface area contributed by atoms with E-state index in [1.807, 2.05) is 159 Å². The molecule has 0 aliphatic carbocycles. The third kappa shape index (κ3) is 8.94. The number of hydrogen-bond donors (Lipinski definition) is 0. The molecule has 6 aromatic rings. The van der Waals surface area contributed by atoms with Gasteiger partial charge >= 0.3 is 19.8 Å². The van der Waals surface area contributed by atoms with Crippen LogP contribution in [0.4, 0.5) is 0 Å². The number of halogens is 3. The molecule has 0 N–H and O–H groups in total. The normalized spacial score (nSPS) is 10.1. The van der Waals surface area contributed by atoms with Crippen LogP contribution in [-0.4, -0.2) is 37.7 Å².